The fourth-order valence-electron chi connectivity index (χ4n) is 4.32. The maximum atomic E-state index is 14.3. The number of carbonyl (C=O) groups excluding carboxylic acids is 2. The molecule has 0 spiro atoms. The number of amides is 2. The lowest BCUT2D eigenvalue weighted by Crippen LogP contribution is -2.48. The van der Waals surface area contributed by atoms with Crippen LogP contribution in [0.15, 0.2) is 60.0 Å². The first-order valence-electron chi connectivity index (χ1n) is 11.6. The second-order valence-electron chi connectivity index (χ2n) is 8.95. The van der Waals surface area contributed by atoms with E-state index in [1.807, 2.05) is 25.3 Å². The molecule has 8 heteroatoms. The number of carbonyl (C=O) groups is 2. The highest BCUT2D eigenvalue weighted by molar-refractivity contribution is 7.10. The number of rotatable bonds is 8. The molecule has 0 saturated heterocycles. The first-order chi connectivity index (χ1) is 16.8. The van der Waals surface area contributed by atoms with E-state index in [1.54, 1.807) is 40.5 Å². The Labute approximate surface area is 207 Å². The number of halogens is 2. The summed E-state index contributed by atoms with van der Waals surface area (Å²) >= 11 is 1.62. The molecule has 0 aliphatic carbocycles. The average Bonchev–Trinajstić information content (AvgIpc) is 3.32. The largest absolute Gasteiger partial charge is 0.488 e. The molecule has 2 heterocycles. The van der Waals surface area contributed by atoms with Gasteiger partial charge in [0.25, 0.3) is 5.91 Å². The molecule has 0 unspecified atom stereocenters. The van der Waals surface area contributed by atoms with Gasteiger partial charge in [-0.05, 0) is 53.6 Å². The van der Waals surface area contributed by atoms with Crippen molar-refractivity contribution in [3.63, 3.8) is 0 Å². The van der Waals surface area contributed by atoms with Crippen LogP contribution in [0.4, 0.5) is 8.78 Å². The monoisotopic (exact) mass is 498 g/mol. The number of ether oxygens (including phenoxy) is 1. The Morgan fingerprint density at radius 1 is 1.09 bits per heavy atom. The van der Waals surface area contributed by atoms with Gasteiger partial charge < -0.3 is 14.5 Å². The normalized spacial score (nSPS) is 15.1. The molecule has 1 atom stereocenters. The van der Waals surface area contributed by atoms with Crippen LogP contribution in [-0.2, 0) is 11.2 Å². The predicted octanol–water partition coefficient (Wildman–Crippen LogP) is 5.33. The lowest BCUT2D eigenvalue weighted by atomic mass is 10.00. The number of benzene rings is 2. The fourth-order valence-corrected chi connectivity index (χ4v) is 5.25. The standard InChI is InChI=1S/C27H28F2N2O3S/c1-18(2)15-30(27(33)19-7-3-4-8-21(19)28)16-26(32)31-13-11-25-20(12-14-35-25)23(31)17-34-24-10-6-5-9-22(24)29/h3-10,12,14,18,23H,11,13,15-17H2,1-2H3/t23-/m0/s1. The van der Waals surface area contributed by atoms with Crippen LogP contribution in [0.1, 0.15) is 40.7 Å². The summed E-state index contributed by atoms with van der Waals surface area (Å²) in [5.41, 5.74) is 0.918. The second-order valence-corrected chi connectivity index (χ2v) is 9.95. The van der Waals surface area contributed by atoms with Crippen molar-refractivity contribution < 1.29 is 23.1 Å². The third kappa shape index (κ3) is 5.70. The highest BCUT2D eigenvalue weighted by Gasteiger charge is 2.34. The third-order valence-electron chi connectivity index (χ3n) is 5.95. The average molecular weight is 499 g/mol. The van der Waals surface area contributed by atoms with Gasteiger partial charge in [-0.2, -0.15) is 0 Å². The summed E-state index contributed by atoms with van der Waals surface area (Å²) in [6.45, 7) is 4.56. The first kappa shape index (κ1) is 24.9. The molecular formula is C27H28F2N2O3S. The molecule has 1 aliphatic rings. The third-order valence-corrected chi connectivity index (χ3v) is 6.95. The van der Waals surface area contributed by atoms with E-state index in [2.05, 4.69) is 0 Å². The van der Waals surface area contributed by atoms with Crippen LogP contribution in [0.3, 0.4) is 0 Å². The van der Waals surface area contributed by atoms with Crippen molar-refractivity contribution in [3.05, 3.63) is 87.6 Å². The van der Waals surface area contributed by atoms with E-state index >= 15 is 0 Å². The van der Waals surface area contributed by atoms with E-state index in [0.29, 0.717) is 19.5 Å². The molecule has 35 heavy (non-hydrogen) atoms. The van der Waals surface area contributed by atoms with Gasteiger partial charge in [-0.1, -0.05) is 38.1 Å². The summed E-state index contributed by atoms with van der Waals surface area (Å²) in [6.07, 6.45) is 0.695. The van der Waals surface area contributed by atoms with Crippen LogP contribution >= 0.6 is 11.3 Å². The summed E-state index contributed by atoms with van der Waals surface area (Å²) in [6, 6.07) is 13.5. The Morgan fingerprint density at radius 2 is 1.80 bits per heavy atom. The van der Waals surface area contributed by atoms with Gasteiger partial charge in [-0.15, -0.1) is 11.3 Å². The number of hydrogen-bond donors (Lipinski definition) is 0. The lowest BCUT2D eigenvalue weighted by Gasteiger charge is -2.37. The molecular weight excluding hydrogens is 470 g/mol. The number of nitrogens with zero attached hydrogens (tertiary/aromatic N) is 2. The van der Waals surface area contributed by atoms with E-state index < -0.39 is 23.6 Å². The van der Waals surface area contributed by atoms with Crippen molar-refractivity contribution in [1.82, 2.24) is 9.80 Å². The maximum Gasteiger partial charge on any atom is 0.257 e. The molecule has 1 aliphatic heterocycles. The Bertz CT molecular complexity index is 1200. The summed E-state index contributed by atoms with van der Waals surface area (Å²) in [4.78, 5) is 31.0. The number of thiophene rings is 1. The molecule has 2 aromatic carbocycles. The van der Waals surface area contributed by atoms with Crippen molar-refractivity contribution >= 4 is 23.2 Å². The molecule has 4 rings (SSSR count). The zero-order valence-corrected chi connectivity index (χ0v) is 20.6. The second kappa shape index (κ2) is 11.0. The minimum absolute atomic E-state index is 0.0563. The van der Waals surface area contributed by atoms with Gasteiger partial charge in [0.1, 0.15) is 19.0 Å². The van der Waals surface area contributed by atoms with Gasteiger partial charge in [0.05, 0.1) is 11.6 Å². The van der Waals surface area contributed by atoms with Crippen LogP contribution < -0.4 is 4.74 Å². The van der Waals surface area contributed by atoms with Gasteiger partial charge in [0.2, 0.25) is 5.91 Å². The summed E-state index contributed by atoms with van der Waals surface area (Å²) in [7, 11) is 0. The van der Waals surface area contributed by atoms with Crippen molar-refractivity contribution in [2.45, 2.75) is 26.3 Å². The van der Waals surface area contributed by atoms with Crippen LogP contribution in [0, 0.1) is 17.6 Å². The van der Waals surface area contributed by atoms with Gasteiger partial charge >= 0.3 is 0 Å². The topological polar surface area (TPSA) is 49.9 Å². The molecule has 3 aromatic rings. The van der Waals surface area contributed by atoms with Gasteiger partial charge in [-0.3, -0.25) is 9.59 Å². The number of fused-ring (bicyclic) bond motifs is 1. The number of para-hydroxylation sites is 1. The highest BCUT2D eigenvalue weighted by atomic mass is 32.1. The van der Waals surface area contributed by atoms with Crippen molar-refractivity contribution in [2.75, 3.05) is 26.2 Å². The fraction of sp³-hybridized carbons (Fsp3) is 0.333. The highest BCUT2D eigenvalue weighted by Crippen LogP contribution is 2.34. The van der Waals surface area contributed by atoms with Gasteiger partial charge in [0.15, 0.2) is 11.6 Å². The summed E-state index contributed by atoms with van der Waals surface area (Å²) < 4.78 is 34.3. The van der Waals surface area contributed by atoms with Gasteiger partial charge in [-0.25, -0.2) is 8.78 Å². The molecule has 5 nitrogen and oxygen atoms in total. The van der Waals surface area contributed by atoms with Crippen LogP contribution in [0.5, 0.6) is 5.75 Å². The lowest BCUT2D eigenvalue weighted by molar-refractivity contribution is -0.135. The zero-order chi connectivity index (χ0) is 24.9. The Hall–Kier alpha value is -3.26. The predicted molar refractivity (Wildman–Crippen MR) is 132 cm³/mol. The smallest absolute Gasteiger partial charge is 0.257 e. The minimum Gasteiger partial charge on any atom is -0.488 e. The molecule has 0 fully saturated rings. The first-order valence-corrected chi connectivity index (χ1v) is 12.5. The molecule has 184 valence electrons. The number of hydrogen-bond acceptors (Lipinski definition) is 4. The van der Waals surface area contributed by atoms with Crippen molar-refractivity contribution in [1.29, 1.82) is 0 Å². The molecule has 0 saturated carbocycles. The van der Waals surface area contributed by atoms with Crippen molar-refractivity contribution in [2.24, 2.45) is 5.92 Å². The molecule has 0 bridgehead atoms. The van der Waals surface area contributed by atoms with Crippen LogP contribution in [0.25, 0.3) is 0 Å². The van der Waals surface area contributed by atoms with E-state index in [4.69, 9.17) is 4.74 Å². The van der Waals surface area contributed by atoms with E-state index in [-0.39, 0.29) is 36.3 Å². The minimum atomic E-state index is -0.615. The van der Waals surface area contributed by atoms with E-state index in [9.17, 15) is 18.4 Å². The van der Waals surface area contributed by atoms with Crippen LogP contribution in [-0.4, -0.2) is 47.9 Å². The molecule has 1 aromatic heterocycles. The van der Waals surface area contributed by atoms with Crippen LogP contribution in [0.2, 0.25) is 0 Å². The van der Waals surface area contributed by atoms with Crippen molar-refractivity contribution in [3.8, 4) is 5.75 Å². The quantitative estimate of drug-likeness (QED) is 0.422. The Kier molecular flexibility index (Phi) is 7.80. The zero-order valence-electron chi connectivity index (χ0n) is 19.7. The maximum absolute atomic E-state index is 14.3. The summed E-state index contributed by atoms with van der Waals surface area (Å²) in [5, 5.41) is 1.97. The van der Waals surface area contributed by atoms with E-state index in [0.717, 1.165) is 10.4 Å². The molecule has 0 N–H and O–H groups in total. The summed E-state index contributed by atoms with van der Waals surface area (Å²) in [5.74, 6) is -1.64. The molecule has 0 radical (unpaired) electrons. The Balaban J connectivity index is 1.55. The van der Waals surface area contributed by atoms with Gasteiger partial charge in [0, 0.05) is 18.0 Å². The van der Waals surface area contributed by atoms with E-state index in [1.165, 1.54) is 29.2 Å². The molecule has 2 amide bonds. The SMILES string of the molecule is CC(C)CN(CC(=O)N1CCc2sccc2[C@@H]1COc1ccccc1F)C(=O)c1ccccc1F. The Morgan fingerprint density at radius 3 is 2.51 bits per heavy atom.